The number of ether oxygens (including phenoxy) is 1. The highest BCUT2D eigenvalue weighted by Gasteiger charge is 2.24. The molecule has 108 valence electrons. The lowest BCUT2D eigenvalue weighted by atomic mass is 10.0. The van der Waals surface area contributed by atoms with Gasteiger partial charge in [-0.05, 0) is 20.0 Å². The summed E-state index contributed by atoms with van der Waals surface area (Å²) in [6.07, 6.45) is 0. The summed E-state index contributed by atoms with van der Waals surface area (Å²) in [5.41, 5.74) is 5.68. The Kier molecular flexibility index (Phi) is 5.78. The molecule has 0 aliphatic rings. The van der Waals surface area contributed by atoms with Gasteiger partial charge in [-0.1, -0.05) is 0 Å². The second kappa shape index (κ2) is 6.88. The number of likely N-dealkylation sites (N-methyl/N-ethyl adjacent to an activating group) is 1. The molecule has 0 fully saturated rings. The Hall–Kier alpha value is -1.11. The average Bonchev–Trinajstić information content (AvgIpc) is 2.36. The predicted molar refractivity (Wildman–Crippen MR) is 67.2 cm³/mol. The van der Waals surface area contributed by atoms with Crippen molar-refractivity contribution in [3.05, 3.63) is 35.1 Å². The van der Waals surface area contributed by atoms with E-state index < -0.39 is 23.5 Å². The quantitative estimate of drug-likeness (QED) is 0.808. The van der Waals surface area contributed by atoms with Crippen molar-refractivity contribution in [3.63, 3.8) is 0 Å². The molecular weight excluding hydrogens is 257 g/mol. The van der Waals surface area contributed by atoms with Gasteiger partial charge in [-0.3, -0.25) is 4.90 Å². The lowest BCUT2D eigenvalue weighted by molar-refractivity contribution is 0.0898. The van der Waals surface area contributed by atoms with Crippen LogP contribution in [-0.2, 0) is 4.74 Å². The third-order valence-corrected chi connectivity index (χ3v) is 3.22. The molecule has 1 aromatic rings. The standard InChI is InChI=1S/C13H19F3N2O/c1-8(7-19-3)18(2)13(6-17)9-4-11(15)12(16)5-10(9)14/h4-5,8,13H,6-7,17H2,1-3H3. The molecule has 0 spiro atoms. The van der Waals surface area contributed by atoms with E-state index in [9.17, 15) is 13.2 Å². The van der Waals surface area contributed by atoms with E-state index in [1.54, 1.807) is 19.1 Å². The summed E-state index contributed by atoms with van der Waals surface area (Å²) in [6.45, 7) is 2.40. The summed E-state index contributed by atoms with van der Waals surface area (Å²) in [7, 11) is 3.29. The van der Waals surface area contributed by atoms with Crippen LogP contribution in [-0.4, -0.2) is 38.3 Å². The lowest BCUT2D eigenvalue weighted by Gasteiger charge is -2.32. The zero-order chi connectivity index (χ0) is 14.6. The smallest absolute Gasteiger partial charge is 0.161 e. The predicted octanol–water partition coefficient (Wildman–Crippen LogP) is 2.07. The molecule has 0 radical (unpaired) electrons. The van der Waals surface area contributed by atoms with E-state index in [4.69, 9.17) is 10.5 Å². The molecule has 0 amide bonds. The molecule has 2 atom stereocenters. The maximum absolute atomic E-state index is 13.8. The third-order valence-electron chi connectivity index (χ3n) is 3.22. The van der Waals surface area contributed by atoms with Crippen LogP contribution in [0.5, 0.6) is 0 Å². The van der Waals surface area contributed by atoms with E-state index in [0.29, 0.717) is 12.7 Å². The van der Waals surface area contributed by atoms with E-state index in [-0.39, 0.29) is 18.2 Å². The van der Waals surface area contributed by atoms with E-state index in [0.717, 1.165) is 6.07 Å². The Labute approximate surface area is 111 Å². The van der Waals surface area contributed by atoms with Crippen molar-refractivity contribution in [3.8, 4) is 0 Å². The fourth-order valence-corrected chi connectivity index (χ4v) is 1.97. The molecule has 0 bridgehead atoms. The minimum atomic E-state index is -1.20. The number of hydrogen-bond donors (Lipinski definition) is 1. The SMILES string of the molecule is COCC(C)N(C)C(CN)c1cc(F)c(F)cc1F. The molecule has 0 aliphatic heterocycles. The summed E-state index contributed by atoms with van der Waals surface area (Å²) in [4.78, 5) is 1.78. The summed E-state index contributed by atoms with van der Waals surface area (Å²) in [6, 6.07) is 0.826. The monoisotopic (exact) mass is 276 g/mol. The van der Waals surface area contributed by atoms with Gasteiger partial charge in [-0.2, -0.15) is 0 Å². The number of hydrogen-bond acceptors (Lipinski definition) is 3. The number of benzene rings is 1. The van der Waals surface area contributed by atoms with E-state index in [1.807, 2.05) is 6.92 Å². The molecule has 2 N–H and O–H groups in total. The average molecular weight is 276 g/mol. The molecule has 0 saturated heterocycles. The van der Waals surface area contributed by atoms with Crippen molar-refractivity contribution in [2.24, 2.45) is 5.73 Å². The van der Waals surface area contributed by atoms with Gasteiger partial charge in [0.15, 0.2) is 11.6 Å². The Morgan fingerprint density at radius 1 is 1.21 bits per heavy atom. The molecule has 0 saturated carbocycles. The van der Waals surface area contributed by atoms with Crippen molar-refractivity contribution < 1.29 is 17.9 Å². The van der Waals surface area contributed by atoms with Crippen LogP contribution in [0.1, 0.15) is 18.5 Å². The molecule has 6 heteroatoms. The van der Waals surface area contributed by atoms with Crippen LogP contribution in [0, 0.1) is 17.5 Å². The van der Waals surface area contributed by atoms with Crippen molar-refractivity contribution in [2.75, 3.05) is 27.3 Å². The zero-order valence-corrected chi connectivity index (χ0v) is 11.3. The summed E-state index contributed by atoms with van der Waals surface area (Å²) >= 11 is 0. The van der Waals surface area contributed by atoms with Crippen LogP contribution in [0.4, 0.5) is 13.2 Å². The molecule has 0 heterocycles. The lowest BCUT2D eigenvalue weighted by Crippen LogP contribution is -2.39. The molecule has 2 unspecified atom stereocenters. The van der Waals surface area contributed by atoms with Crippen LogP contribution >= 0.6 is 0 Å². The maximum atomic E-state index is 13.8. The number of nitrogens with zero attached hydrogens (tertiary/aromatic N) is 1. The minimum absolute atomic E-state index is 0.0361. The van der Waals surface area contributed by atoms with Gasteiger partial charge in [0.2, 0.25) is 0 Å². The number of nitrogens with two attached hydrogens (primary N) is 1. The minimum Gasteiger partial charge on any atom is -0.383 e. The Morgan fingerprint density at radius 3 is 2.32 bits per heavy atom. The molecule has 3 nitrogen and oxygen atoms in total. The van der Waals surface area contributed by atoms with E-state index in [2.05, 4.69) is 0 Å². The Balaban J connectivity index is 3.06. The highest BCUT2D eigenvalue weighted by molar-refractivity contribution is 5.24. The normalized spacial score (nSPS) is 14.7. The largest absolute Gasteiger partial charge is 0.383 e. The van der Waals surface area contributed by atoms with Crippen molar-refractivity contribution >= 4 is 0 Å². The first-order chi connectivity index (χ1) is 8.92. The molecule has 1 aromatic carbocycles. The highest BCUT2D eigenvalue weighted by Crippen LogP contribution is 2.25. The highest BCUT2D eigenvalue weighted by atomic mass is 19.2. The van der Waals surface area contributed by atoms with E-state index in [1.165, 1.54) is 0 Å². The van der Waals surface area contributed by atoms with Crippen LogP contribution in [0.2, 0.25) is 0 Å². The van der Waals surface area contributed by atoms with Crippen molar-refractivity contribution in [2.45, 2.75) is 19.0 Å². The van der Waals surface area contributed by atoms with Crippen LogP contribution in [0.3, 0.4) is 0 Å². The molecule has 0 aromatic heterocycles. The fourth-order valence-electron chi connectivity index (χ4n) is 1.97. The van der Waals surface area contributed by atoms with Gasteiger partial charge in [0.25, 0.3) is 0 Å². The second-order valence-corrected chi connectivity index (χ2v) is 4.51. The van der Waals surface area contributed by atoms with Crippen molar-refractivity contribution in [1.29, 1.82) is 0 Å². The summed E-state index contributed by atoms with van der Waals surface area (Å²) < 4.78 is 44.9. The van der Waals surface area contributed by atoms with E-state index >= 15 is 0 Å². The number of rotatable bonds is 6. The number of methoxy groups -OCH3 is 1. The third kappa shape index (κ3) is 3.68. The summed E-state index contributed by atoms with van der Waals surface area (Å²) in [5, 5.41) is 0. The first kappa shape index (κ1) is 15.9. The molecule has 1 rings (SSSR count). The van der Waals surface area contributed by atoms with Gasteiger partial charge in [0, 0.05) is 31.3 Å². The number of halogens is 3. The van der Waals surface area contributed by atoms with Gasteiger partial charge in [-0.25, -0.2) is 13.2 Å². The maximum Gasteiger partial charge on any atom is 0.161 e. The van der Waals surface area contributed by atoms with Gasteiger partial charge < -0.3 is 10.5 Å². The van der Waals surface area contributed by atoms with Crippen molar-refractivity contribution in [1.82, 2.24) is 4.90 Å². The second-order valence-electron chi connectivity index (χ2n) is 4.51. The van der Waals surface area contributed by atoms with Gasteiger partial charge in [-0.15, -0.1) is 0 Å². The van der Waals surface area contributed by atoms with Gasteiger partial charge in [0.05, 0.1) is 12.6 Å². The summed E-state index contributed by atoms with van der Waals surface area (Å²) in [5.74, 6) is -3.09. The first-order valence-electron chi connectivity index (χ1n) is 5.97. The molecule has 0 aliphatic carbocycles. The topological polar surface area (TPSA) is 38.5 Å². The Bertz CT molecular complexity index is 429. The van der Waals surface area contributed by atoms with Crippen LogP contribution < -0.4 is 5.73 Å². The molecule has 19 heavy (non-hydrogen) atoms. The zero-order valence-electron chi connectivity index (χ0n) is 11.3. The van der Waals surface area contributed by atoms with Gasteiger partial charge >= 0.3 is 0 Å². The fraction of sp³-hybridized carbons (Fsp3) is 0.538. The van der Waals surface area contributed by atoms with Gasteiger partial charge in [0.1, 0.15) is 5.82 Å². The van der Waals surface area contributed by atoms with Crippen LogP contribution in [0.25, 0.3) is 0 Å². The Morgan fingerprint density at radius 2 is 1.79 bits per heavy atom. The first-order valence-corrected chi connectivity index (χ1v) is 5.97. The molecular formula is C13H19F3N2O. The van der Waals surface area contributed by atoms with Crippen LogP contribution in [0.15, 0.2) is 12.1 Å².